The van der Waals surface area contributed by atoms with Crippen molar-refractivity contribution in [2.75, 3.05) is 5.32 Å². The Kier molecular flexibility index (Phi) is 5.88. The summed E-state index contributed by atoms with van der Waals surface area (Å²) in [5.74, 6) is 1.03. The lowest BCUT2D eigenvalue weighted by molar-refractivity contribution is 0.0997. The van der Waals surface area contributed by atoms with Crippen LogP contribution in [0.4, 0.5) is 5.69 Å². The molecule has 0 radical (unpaired) electrons. The number of hydrogen-bond acceptors (Lipinski definition) is 4. The summed E-state index contributed by atoms with van der Waals surface area (Å²) >= 11 is 18.4. The third-order valence-electron chi connectivity index (χ3n) is 4.33. The maximum Gasteiger partial charge on any atom is 0.291 e. The Balaban J connectivity index is 1.56. The number of furan rings is 2. The minimum atomic E-state index is -0.435. The number of anilines is 1. The molecule has 4 aromatic rings. The number of nitrogens with one attached hydrogen (secondary N) is 1. The summed E-state index contributed by atoms with van der Waals surface area (Å²) in [6, 6.07) is 16.6. The number of carbonyl (C=O) groups is 1. The van der Waals surface area contributed by atoms with Crippen molar-refractivity contribution < 1.29 is 18.7 Å². The molecule has 0 bridgehead atoms. The van der Waals surface area contributed by atoms with Gasteiger partial charge in [-0.1, -0.05) is 34.8 Å². The van der Waals surface area contributed by atoms with Gasteiger partial charge in [0.2, 0.25) is 0 Å². The van der Waals surface area contributed by atoms with E-state index in [1.807, 2.05) is 0 Å². The number of aliphatic hydroxyl groups is 1. The van der Waals surface area contributed by atoms with E-state index < -0.39 is 5.91 Å². The molecule has 0 atom stereocenters. The van der Waals surface area contributed by atoms with Crippen molar-refractivity contribution in [1.82, 2.24) is 0 Å². The Morgan fingerprint density at radius 1 is 0.833 bits per heavy atom. The number of aliphatic hydroxyl groups excluding tert-OH is 1. The fourth-order valence-corrected chi connectivity index (χ4v) is 3.60. The van der Waals surface area contributed by atoms with Crippen molar-refractivity contribution in [3.05, 3.63) is 87.3 Å². The van der Waals surface area contributed by atoms with Crippen molar-refractivity contribution >= 4 is 46.4 Å². The van der Waals surface area contributed by atoms with Crippen LogP contribution in [-0.2, 0) is 6.61 Å². The van der Waals surface area contributed by atoms with E-state index in [9.17, 15) is 9.90 Å². The largest absolute Gasteiger partial charge is 0.459 e. The average molecular weight is 463 g/mol. The molecule has 0 fully saturated rings. The van der Waals surface area contributed by atoms with Gasteiger partial charge in [-0.25, -0.2) is 0 Å². The highest BCUT2D eigenvalue weighted by molar-refractivity contribution is 6.36. The number of carbonyl (C=O) groups excluding carboxylic acids is 1. The van der Waals surface area contributed by atoms with Crippen molar-refractivity contribution in [1.29, 1.82) is 0 Å². The van der Waals surface area contributed by atoms with Crippen molar-refractivity contribution in [3.8, 4) is 22.6 Å². The van der Waals surface area contributed by atoms with Gasteiger partial charge >= 0.3 is 0 Å². The summed E-state index contributed by atoms with van der Waals surface area (Å²) in [5.41, 5.74) is 1.72. The van der Waals surface area contributed by atoms with Crippen LogP contribution in [-0.4, -0.2) is 11.0 Å². The number of benzene rings is 2. The number of rotatable bonds is 5. The van der Waals surface area contributed by atoms with Gasteiger partial charge < -0.3 is 19.3 Å². The first-order chi connectivity index (χ1) is 14.4. The maximum atomic E-state index is 12.6. The molecular formula is C22H14Cl3NO4. The summed E-state index contributed by atoms with van der Waals surface area (Å²) in [7, 11) is 0. The molecule has 152 valence electrons. The molecular weight excluding hydrogens is 449 g/mol. The lowest BCUT2D eigenvalue weighted by Crippen LogP contribution is -2.10. The van der Waals surface area contributed by atoms with Crippen LogP contribution in [0.1, 0.15) is 16.3 Å². The van der Waals surface area contributed by atoms with E-state index in [4.69, 9.17) is 43.6 Å². The molecule has 8 heteroatoms. The summed E-state index contributed by atoms with van der Waals surface area (Å²) in [6.07, 6.45) is 0. The Hall–Kier alpha value is -2.70. The summed E-state index contributed by atoms with van der Waals surface area (Å²) < 4.78 is 11.2. The van der Waals surface area contributed by atoms with Gasteiger partial charge in [-0.2, -0.15) is 0 Å². The zero-order chi connectivity index (χ0) is 21.3. The second-order valence-corrected chi connectivity index (χ2v) is 7.61. The first-order valence-electron chi connectivity index (χ1n) is 8.80. The molecule has 0 aliphatic rings. The van der Waals surface area contributed by atoms with Gasteiger partial charge in [0.1, 0.15) is 23.9 Å². The smallest absolute Gasteiger partial charge is 0.291 e. The highest BCUT2D eigenvalue weighted by Gasteiger charge is 2.16. The first-order valence-corrected chi connectivity index (χ1v) is 9.94. The minimum Gasteiger partial charge on any atom is -0.459 e. The Bertz CT molecular complexity index is 1230. The Morgan fingerprint density at radius 3 is 2.33 bits per heavy atom. The second kappa shape index (κ2) is 8.58. The first kappa shape index (κ1) is 20.6. The highest BCUT2D eigenvalue weighted by atomic mass is 35.5. The van der Waals surface area contributed by atoms with E-state index in [0.717, 1.165) is 0 Å². The summed E-state index contributed by atoms with van der Waals surface area (Å²) in [4.78, 5) is 12.6. The van der Waals surface area contributed by atoms with E-state index in [-0.39, 0.29) is 12.4 Å². The van der Waals surface area contributed by atoms with Gasteiger partial charge in [0.15, 0.2) is 5.76 Å². The predicted octanol–water partition coefficient (Wildman–Crippen LogP) is 6.91. The van der Waals surface area contributed by atoms with E-state index in [2.05, 4.69) is 5.32 Å². The third-order valence-corrected chi connectivity index (χ3v) is 5.21. The number of halogens is 3. The predicted molar refractivity (Wildman–Crippen MR) is 117 cm³/mol. The third kappa shape index (κ3) is 4.25. The van der Waals surface area contributed by atoms with Gasteiger partial charge in [0, 0.05) is 21.8 Å². The van der Waals surface area contributed by atoms with Crippen molar-refractivity contribution in [2.24, 2.45) is 0 Å². The van der Waals surface area contributed by atoms with Gasteiger partial charge in [-0.15, -0.1) is 0 Å². The summed E-state index contributed by atoms with van der Waals surface area (Å²) in [6.45, 7) is -0.216. The lowest BCUT2D eigenvalue weighted by atomic mass is 10.1. The number of hydrogen-bond donors (Lipinski definition) is 2. The molecule has 5 nitrogen and oxygen atoms in total. The average Bonchev–Trinajstić information content (AvgIpc) is 3.39. The lowest BCUT2D eigenvalue weighted by Gasteiger charge is -2.07. The van der Waals surface area contributed by atoms with E-state index in [1.165, 1.54) is 0 Å². The van der Waals surface area contributed by atoms with E-state index in [0.29, 0.717) is 49.2 Å². The Labute approximate surface area is 186 Å². The molecule has 4 rings (SSSR count). The van der Waals surface area contributed by atoms with E-state index >= 15 is 0 Å². The van der Waals surface area contributed by atoms with Gasteiger partial charge in [0.05, 0.1) is 10.0 Å². The van der Waals surface area contributed by atoms with Crippen molar-refractivity contribution in [3.63, 3.8) is 0 Å². The molecule has 2 N–H and O–H groups in total. The molecule has 0 spiro atoms. The van der Waals surface area contributed by atoms with Crippen LogP contribution in [0.2, 0.25) is 15.1 Å². The quantitative estimate of drug-likeness (QED) is 0.338. The van der Waals surface area contributed by atoms with E-state index in [1.54, 1.807) is 60.7 Å². The SMILES string of the molecule is O=C(Nc1ccc(Cl)c(-c2ccc(CO)o2)c1)c1ccc(-c2ccc(Cl)cc2Cl)o1. The zero-order valence-electron chi connectivity index (χ0n) is 15.3. The van der Waals surface area contributed by atoms with Crippen LogP contribution < -0.4 is 5.32 Å². The number of amides is 1. The maximum absolute atomic E-state index is 12.6. The Morgan fingerprint density at radius 2 is 1.60 bits per heavy atom. The molecule has 1 amide bonds. The topological polar surface area (TPSA) is 75.6 Å². The van der Waals surface area contributed by atoms with Crippen molar-refractivity contribution in [2.45, 2.75) is 6.61 Å². The second-order valence-electron chi connectivity index (χ2n) is 6.36. The molecule has 0 aliphatic heterocycles. The molecule has 2 aromatic carbocycles. The normalized spacial score (nSPS) is 10.9. The molecule has 2 heterocycles. The van der Waals surface area contributed by atoms with Crippen LogP contribution in [0, 0.1) is 0 Å². The monoisotopic (exact) mass is 461 g/mol. The molecule has 0 saturated carbocycles. The molecule has 0 unspecified atom stereocenters. The minimum absolute atomic E-state index is 0.119. The zero-order valence-corrected chi connectivity index (χ0v) is 17.6. The fourth-order valence-electron chi connectivity index (χ4n) is 2.89. The van der Waals surface area contributed by atoms with Crippen LogP contribution in [0.5, 0.6) is 0 Å². The molecule has 2 aromatic heterocycles. The molecule has 0 saturated heterocycles. The molecule has 30 heavy (non-hydrogen) atoms. The van der Waals surface area contributed by atoms with Crippen LogP contribution >= 0.6 is 34.8 Å². The summed E-state index contributed by atoms with van der Waals surface area (Å²) in [5, 5.41) is 13.3. The van der Waals surface area contributed by atoms with Gasteiger partial charge in [0.25, 0.3) is 5.91 Å². The highest BCUT2D eigenvalue weighted by Crippen LogP contribution is 2.33. The fraction of sp³-hybridized carbons (Fsp3) is 0.0455. The van der Waals surface area contributed by atoms with Crippen LogP contribution in [0.25, 0.3) is 22.6 Å². The van der Waals surface area contributed by atoms with Crippen LogP contribution in [0.15, 0.2) is 69.5 Å². The molecule has 0 aliphatic carbocycles. The van der Waals surface area contributed by atoms with Gasteiger partial charge in [-0.05, 0) is 60.7 Å². The van der Waals surface area contributed by atoms with Gasteiger partial charge in [-0.3, -0.25) is 4.79 Å². The van der Waals surface area contributed by atoms with Crippen LogP contribution in [0.3, 0.4) is 0 Å². The standard InChI is InChI=1S/C22H14Cl3NO4/c23-12-1-4-15(18(25)9-12)19-7-8-21(30-19)22(28)26-13-2-5-17(24)16(10-13)20-6-3-14(11-27)29-20/h1-10,27H,11H2,(H,26,28).